The number of hydrogen-bond donors (Lipinski definition) is 0. The molecule has 0 spiro atoms. The molecule has 4 heteroatoms. The summed E-state index contributed by atoms with van der Waals surface area (Å²) >= 11 is -2.80. The van der Waals surface area contributed by atoms with Crippen LogP contribution in [0.1, 0.15) is 15.9 Å². The molecule has 156 valence electrons. The summed E-state index contributed by atoms with van der Waals surface area (Å²) in [5.41, 5.74) is 1.81. The van der Waals surface area contributed by atoms with Gasteiger partial charge in [-0.2, -0.15) is 0 Å². The number of ether oxygens (including phenoxy) is 1. The fourth-order valence-electron chi connectivity index (χ4n) is 3.91. The van der Waals surface area contributed by atoms with Crippen molar-refractivity contribution in [3.05, 3.63) is 126 Å². The molecule has 0 bridgehead atoms. The van der Waals surface area contributed by atoms with Crippen LogP contribution in [0.5, 0.6) is 0 Å². The molecule has 0 aliphatic heterocycles. The van der Waals surface area contributed by atoms with Crippen LogP contribution in [0.25, 0.3) is 0 Å². The normalized spacial score (nSPS) is 10.7. The van der Waals surface area contributed by atoms with Crippen LogP contribution >= 0.6 is 0 Å². The van der Waals surface area contributed by atoms with E-state index < -0.39 is 13.6 Å². The largest absolute Gasteiger partial charge is 1.00 e. The van der Waals surface area contributed by atoms with Crippen molar-refractivity contribution in [2.75, 3.05) is 7.11 Å². The Morgan fingerprint density at radius 2 is 1.03 bits per heavy atom. The number of esters is 1. The van der Waals surface area contributed by atoms with Gasteiger partial charge in [0.1, 0.15) is 0 Å². The summed E-state index contributed by atoms with van der Waals surface area (Å²) in [5, 5.41) is 0.942. The van der Waals surface area contributed by atoms with Crippen LogP contribution in [0.4, 0.5) is 0 Å². The third-order valence-corrected chi connectivity index (χ3v) is 14.6. The molecule has 4 rings (SSSR count). The Bertz CT molecular complexity index is 1000. The van der Waals surface area contributed by atoms with E-state index in [1.165, 1.54) is 25.7 Å². The van der Waals surface area contributed by atoms with Crippen molar-refractivity contribution in [1.82, 2.24) is 0 Å². The minimum absolute atomic E-state index is 0. The fourth-order valence-corrected chi connectivity index (χ4v) is 12.8. The molecule has 0 saturated heterocycles. The fraction of sp³-hybridized carbons (Fsp3) is 0.0741. The number of carbonyl (C=O) groups is 1. The van der Waals surface area contributed by atoms with E-state index in [4.69, 9.17) is 4.74 Å². The van der Waals surface area contributed by atoms with Gasteiger partial charge in [-0.3, -0.25) is 0 Å². The van der Waals surface area contributed by atoms with Gasteiger partial charge >= 0.3 is 181 Å². The van der Waals surface area contributed by atoms with Gasteiger partial charge in [-0.15, -0.1) is 0 Å². The maximum absolute atomic E-state index is 11.9. The van der Waals surface area contributed by atoms with Crippen LogP contribution in [0, 0.1) is 0 Å². The standard InChI is InChI=1S/C27H24AsO2.BrH/c1-30-27(29)23-19-17-22(18-20-23)21-28(24-11-5-2-6-12-24,25-13-7-3-8-14-25)26-15-9-4-10-16-26;/h2-20H,21H2,1H3;1H/q+1;/p-1. The maximum atomic E-state index is 11.9. The molecule has 0 radical (unpaired) electrons. The average Bonchev–Trinajstić information content (AvgIpc) is 2.84. The monoisotopic (exact) mass is 534 g/mol. The second-order valence-electron chi connectivity index (χ2n) is 7.16. The molecule has 0 aliphatic rings. The third kappa shape index (κ3) is 4.84. The van der Waals surface area contributed by atoms with Gasteiger partial charge in [0.15, 0.2) is 0 Å². The van der Waals surface area contributed by atoms with E-state index >= 15 is 0 Å². The summed E-state index contributed by atoms with van der Waals surface area (Å²) in [7, 11) is 1.41. The zero-order valence-electron chi connectivity index (χ0n) is 17.3. The van der Waals surface area contributed by atoms with Crippen molar-refractivity contribution < 1.29 is 26.5 Å². The van der Waals surface area contributed by atoms with Crippen LogP contribution in [-0.4, -0.2) is 26.6 Å². The van der Waals surface area contributed by atoms with E-state index in [0.29, 0.717) is 5.56 Å². The molecular formula is C27H24AsBrO2. The molecule has 0 aliphatic carbocycles. The van der Waals surface area contributed by atoms with Gasteiger partial charge in [0, 0.05) is 0 Å². The van der Waals surface area contributed by atoms with E-state index in [2.05, 4.69) is 103 Å². The summed E-state index contributed by atoms with van der Waals surface area (Å²) in [6.07, 6.45) is 0. The minimum atomic E-state index is -2.80. The van der Waals surface area contributed by atoms with Crippen molar-refractivity contribution in [1.29, 1.82) is 0 Å². The number of carbonyl (C=O) groups excluding carboxylic acids is 1. The van der Waals surface area contributed by atoms with Gasteiger partial charge in [0.05, 0.1) is 0 Å². The second kappa shape index (κ2) is 10.6. The van der Waals surface area contributed by atoms with Crippen molar-refractivity contribution in [2.24, 2.45) is 0 Å². The maximum Gasteiger partial charge on any atom is -1.00 e. The van der Waals surface area contributed by atoms with Gasteiger partial charge in [-0.05, 0) is 0 Å². The second-order valence-corrected chi connectivity index (χ2v) is 14.5. The molecule has 2 nitrogen and oxygen atoms in total. The van der Waals surface area contributed by atoms with Crippen molar-refractivity contribution >= 4 is 32.6 Å². The first-order valence-corrected chi connectivity index (χ1v) is 14.1. The predicted octanol–water partition coefficient (Wildman–Crippen LogP) is 0.729. The average molecular weight is 535 g/mol. The van der Waals surface area contributed by atoms with E-state index in [-0.39, 0.29) is 23.0 Å². The van der Waals surface area contributed by atoms with Crippen molar-refractivity contribution in [3.63, 3.8) is 0 Å². The number of halogens is 1. The summed E-state index contributed by atoms with van der Waals surface area (Å²) in [4.78, 5) is 11.9. The van der Waals surface area contributed by atoms with E-state index in [9.17, 15) is 4.79 Å². The SMILES string of the molecule is COC(=O)c1ccc(C[As+](c2ccccc2)(c2ccccc2)c2ccccc2)cc1.[Br-]. The number of methoxy groups -OCH3 is 1. The molecule has 0 saturated carbocycles. The molecule has 0 atom stereocenters. The van der Waals surface area contributed by atoms with E-state index in [1.807, 2.05) is 12.1 Å². The van der Waals surface area contributed by atoms with Crippen LogP contribution in [0.15, 0.2) is 115 Å². The summed E-state index contributed by atoms with van der Waals surface area (Å²) in [5.74, 6) is -0.304. The van der Waals surface area contributed by atoms with Gasteiger partial charge in [-0.1, -0.05) is 0 Å². The first-order chi connectivity index (χ1) is 14.7. The Morgan fingerprint density at radius 3 is 1.39 bits per heavy atom. The van der Waals surface area contributed by atoms with Gasteiger partial charge in [-0.25, -0.2) is 0 Å². The zero-order chi connectivity index (χ0) is 20.8. The van der Waals surface area contributed by atoms with Crippen LogP contribution in [-0.2, 0) is 9.95 Å². The molecular weight excluding hydrogens is 511 g/mol. The Kier molecular flexibility index (Phi) is 7.90. The Labute approximate surface area is 197 Å². The molecule has 0 amide bonds. The molecule has 0 heterocycles. The first kappa shape index (κ1) is 23.1. The number of benzene rings is 4. The molecule has 0 unspecified atom stereocenters. The molecule has 0 fully saturated rings. The zero-order valence-corrected chi connectivity index (χ0v) is 20.8. The van der Waals surface area contributed by atoms with Gasteiger partial charge < -0.3 is 17.0 Å². The van der Waals surface area contributed by atoms with E-state index in [0.717, 1.165) is 5.21 Å². The van der Waals surface area contributed by atoms with Gasteiger partial charge in [0.2, 0.25) is 0 Å². The van der Waals surface area contributed by atoms with Crippen LogP contribution in [0.2, 0.25) is 0 Å². The van der Waals surface area contributed by atoms with Crippen LogP contribution < -0.4 is 30.0 Å². The molecule has 0 N–H and O–H groups in total. The number of hydrogen-bond acceptors (Lipinski definition) is 2. The summed E-state index contributed by atoms with van der Waals surface area (Å²) < 4.78 is 9.08. The van der Waals surface area contributed by atoms with Crippen molar-refractivity contribution in [3.8, 4) is 0 Å². The first-order valence-electron chi connectivity index (χ1n) is 9.96. The Morgan fingerprint density at radius 1 is 0.645 bits per heavy atom. The van der Waals surface area contributed by atoms with E-state index in [1.54, 1.807) is 0 Å². The topological polar surface area (TPSA) is 26.3 Å². The Hall–Kier alpha value is -2.61. The molecule has 0 aromatic heterocycles. The van der Waals surface area contributed by atoms with Gasteiger partial charge in [0.25, 0.3) is 0 Å². The summed E-state index contributed by atoms with van der Waals surface area (Å²) in [6.45, 7) is 0. The molecule has 4 aromatic rings. The van der Waals surface area contributed by atoms with Crippen LogP contribution in [0.3, 0.4) is 0 Å². The van der Waals surface area contributed by atoms with Crippen molar-refractivity contribution in [2.45, 2.75) is 5.21 Å². The third-order valence-electron chi connectivity index (χ3n) is 5.39. The molecule has 31 heavy (non-hydrogen) atoms. The molecule has 4 aromatic carbocycles. The Balaban J connectivity index is 0.00000272. The smallest absolute Gasteiger partial charge is 1.00 e. The quantitative estimate of drug-likeness (QED) is 0.269. The summed E-state index contributed by atoms with van der Waals surface area (Å²) in [6, 6.07) is 40.6. The predicted molar refractivity (Wildman–Crippen MR) is 125 cm³/mol. The number of rotatable bonds is 6. The minimum Gasteiger partial charge on any atom is -1.00 e.